The van der Waals surface area contributed by atoms with E-state index in [-0.39, 0.29) is 19.1 Å². The molecule has 0 aromatic heterocycles. The van der Waals surface area contributed by atoms with Crippen molar-refractivity contribution in [1.29, 1.82) is 5.26 Å². The summed E-state index contributed by atoms with van der Waals surface area (Å²) < 4.78 is 5.58. The quantitative estimate of drug-likeness (QED) is 0.783. The van der Waals surface area contributed by atoms with E-state index in [0.29, 0.717) is 18.7 Å². The molecule has 5 heteroatoms. The molecule has 21 heavy (non-hydrogen) atoms. The average molecular weight is 283 g/mol. The fourth-order valence-corrected chi connectivity index (χ4v) is 2.19. The van der Waals surface area contributed by atoms with Gasteiger partial charge in [-0.3, -0.25) is 4.79 Å². The highest BCUT2D eigenvalue weighted by atomic mass is 16.5. The highest BCUT2D eigenvalue weighted by Gasteiger charge is 2.10. The van der Waals surface area contributed by atoms with Gasteiger partial charge in [0.05, 0.1) is 6.07 Å². The fourth-order valence-electron chi connectivity index (χ4n) is 2.19. The Morgan fingerprint density at radius 3 is 2.86 bits per heavy atom. The van der Waals surface area contributed by atoms with Crippen LogP contribution in [0, 0.1) is 11.3 Å². The van der Waals surface area contributed by atoms with Gasteiger partial charge in [-0.25, -0.2) is 0 Å². The Balaban J connectivity index is 2.21. The maximum atomic E-state index is 11.5. The first-order chi connectivity index (χ1) is 10.3. The van der Waals surface area contributed by atoms with E-state index in [1.54, 1.807) is 0 Å². The molecule has 0 aliphatic carbocycles. The number of hydrogen-bond acceptors (Lipinski definition) is 4. The normalized spacial score (nSPS) is 10.1. The van der Waals surface area contributed by atoms with E-state index in [2.05, 4.69) is 5.32 Å². The summed E-state index contributed by atoms with van der Waals surface area (Å²) in [6.45, 7) is 0.373. The van der Waals surface area contributed by atoms with Crippen molar-refractivity contribution >= 4 is 16.7 Å². The Kier molecular flexibility index (Phi) is 5.13. The molecule has 0 aliphatic heterocycles. The lowest BCUT2D eigenvalue weighted by Crippen LogP contribution is -2.29. The average Bonchev–Trinajstić information content (AvgIpc) is 2.52. The second kappa shape index (κ2) is 7.27. The van der Waals surface area contributed by atoms with Crippen molar-refractivity contribution < 1.29 is 9.53 Å². The molecular weight excluding hydrogens is 266 g/mol. The van der Waals surface area contributed by atoms with E-state index in [1.807, 2.05) is 42.5 Å². The Bertz CT molecular complexity index is 677. The number of carbonyl (C=O) groups is 1. The minimum absolute atomic E-state index is 0.0183. The number of nitrogens with one attached hydrogen (secondary N) is 1. The summed E-state index contributed by atoms with van der Waals surface area (Å²) in [5.74, 6) is 0.342. The molecule has 0 spiro atoms. The summed E-state index contributed by atoms with van der Waals surface area (Å²) in [6.07, 6.45) is 0.677. The van der Waals surface area contributed by atoms with Gasteiger partial charge in [0.25, 0.3) is 5.91 Å². The van der Waals surface area contributed by atoms with Crippen molar-refractivity contribution in [1.82, 2.24) is 5.32 Å². The Morgan fingerprint density at radius 1 is 1.29 bits per heavy atom. The molecule has 108 valence electrons. The third kappa shape index (κ3) is 3.71. The summed E-state index contributed by atoms with van der Waals surface area (Å²) in [7, 11) is 0. The van der Waals surface area contributed by atoms with Gasteiger partial charge in [0, 0.05) is 5.56 Å². The number of rotatable bonds is 6. The van der Waals surface area contributed by atoms with Crippen molar-refractivity contribution in [2.75, 3.05) is 19.7 Å². The van der Waals surface area contributed by atoms with Crippen molar-refractivity contribution in [3.63, 3.8) is 0 Å². The van der Waals surface area contributed by atoms with E-state index >= 15 is 0 Å². The van der Waals surface area contributed by atoms with Gasteiger partial charge in [-0.2, -0.15) is 5.26 Å². The number of ether oxygens (including phenoxy) is 1. The Morgan fingerprint density at radius 2 is 2.10 bits per heavy atom. The smallest absolute Gasteiger partial charge is 0.258 e. The van der Waals surface area contributed by atoms with Crippen LogP contribution < -0.4 is 15.8 Å². The van der Waals surface area contributed by atoms with E-state index in [1.165, 1.54) is 0 Å². The first-order valence-corrected chi connectivity index (χ1v) is 6.73. The highest BCUT2D eigenvalue weighted by molar-refractivity contribution is 5.88. The molecule has 2 aromatic carbocycles. The Hall–Kier alpha value is -2.58. The summed E-state index contributed by atoms with van der Waals surface area (Å²) in [6, 6.07) is 13.6. The van der Waals surface area contributed by atoms with Crippen LogP contribution in [-0.4, -0.2) is 25.6 Å². The molecule has 0 atom stereocenters. The summed E-state index contributed by atoms with van der Waals surface area (Å²) in [5.41, 5.74) is 6.67. The second-order valence-electron chi connectivity index (χ2n) is 4.53. The lowest BCUT2D eigenvalue weighted by atomic mass is 10.0. The van der Waals surface area contributed by atoms with Crippen molar-refractivity contribution in [2.45, 2.75) is 6.42 Å². The van der Waals surface area contributed by atoms with Gasteiger partial charge in [0.15, 0.2) is 6.61 Å². The summed E-state index contributed by atoms with van der Waals surface area (Å²) >= 11 is 0. The molecule has 0 saturated heterocycles. The third-order valence-electron chi connectivity index (χ3n) is 3.12. The topological polar surface area (TPSA) is 88.1 Å². The van der Waals surface area contributed by atoms with Crippen LogP contribution >= 0.6 is 0 Å². The lowest BCUT2D eigenvalue weighted by molar-refractivity contribution is -0.122. The van der Waals surface area contributed by atoms with E-state index in [9.17, 15) is 4.79 Å². The molecule has 0 bridgehead atoms. The van der Waals surface area contributed by atoms with E-state index in [0.717, 1.165) is 16.3 Å². The molecule has 0 heterocycles. The van der Waals surface area contributed by atoms with Crippen molar-refractivity contribution in [3.05, 3.63) is 42.0 Å². The van der Waals surface area contributed by atoms with Crippen LogP contribution in [0.1, 0.15) is 5.56 Å². The predicted molar refractivity (Wildman–Crippen MR) is 80.8 cm³/mol. The van der Waals surface area contributed by atoms with Crippen LogP contribution in [-0.2, 0) is 11.2 Å². The largest absolute Gasteiger partial charge is 0.483 e. The molecule has 2 aromatic rings. The molecule has 5 nitrogen and oxygen atoms in total. The Labute approximate surface area is 123 Å². The van der Waals surface area contributed by atoms with Gasteiger partial charge < -0.3 is 15.8 Å². The molecule has 2 rings (SSSR count). The first kappa shape index (κ1) is 14.8. The van der Waals surface area contributed by atoms with Gasteiger partial charge in [-0.15, -0.1) is 0 Å². The van der Waals surface area contributed by atoms with Gasteiger partial charge >= 0.3 is 0 Å². The molecule has 0 aliphatic rings. The van der Waals surface area contributed by atoms with Crippen LogP contribution in [0.3, 0.4) is 0 Å². The number of fused-ring (bicyclic) bond motifs is 1. The number of nitrogens with two attached hydrogens (primary N) is 1. The molecule has 0 fully saturated rings. The van der Waals surface area contributed by atoms with Crippen LogP contribution in [0.25, 0.3) is 10.8 Å². The van der Waals surface area contributed by atoms with Gasteiger partial charge in [0.2, 0.25) is 0 Å². The zero-order valence-electron chi connectivity index (χ0n) is 11.6. The molecule has 0 saturated carbocycles. The number of benzene rings is 2. The number of nitrogens with zero attached hydrogens (tertiary/aromatic N) is 1. The van der Waals surface area contributed by atoms with Crippen molar-refractivity contribution in [2.24, 2.45) is 5.73 Å². The van der Waals surface area contributed by atoms with Crippen molar-refractivity contribution in [3.8, 4) is 11.8 Å². The fraction of sp³-hybridized carbons (Fsp3) is 0.250. The SMILES string of the molecule is N#CCNC(=O)COc1ccc2ccccc2c1CCN. The number of amides is 1. The molecular formula is C16H17N3O2. The molecule has 0 radical (unpaired) electrons. The van der Waals surface area contributed by atoms with Gasteiger partial charge in [-0.1, -0.05) is 30.3 Å². The maximum absolute atomic E-state index is 11.5. The molecule has 0 unspecified atom stereocenters. The monoisotopic (exact) mass is 283 g/mol. The number of hydrogen-bond donors (Lipinski definition) is 2. The van der Waals surface area contributed by atoms with Crippen LogP contribution in [0.5, 0.6) is 5.75 Å². The zero-order valence-corrected chi connectivity index (χ0v) is 11.6. The standard InChI is InChI=1S/C16H17N3O2/c17-8-7-14-13-4-2-1-3-12(13)5-6-15(14)21-11-16(20)19-10-9-18/h1-6H,7-8,10-11,17H2,(H,19,20). The highest BCUT2D eigenvalue weighted by Crippen LogP contribution is 2.28. The van der Waals surface area contributed by atoms with Crippen LogP contribution in [0.4, 0.5) is 0 Å². The molecule has 3 N–H and O–H groups in total. The van der Waals surface area contributed by atoms with Crippen LogP contribution in [0.2, 0.25) is 0 Å². The number of nitriles is 1. The predicted octanol–water partition coefficient (Wildman–Crippen LogP) is 1.36. The molecule has 1 amide bonds. The summed E-state index contributed by atoms with van der Waals surface area (Å²) in [4.78, 5) is 11.5. The van der Waals surface area contributed by atoms with E-state index < -0.39 is 0 Å². The third-order valence-corrected chi connectivity index (χ3v) is 3.12. The zero-order chi connectivity index (χ0) is 15.1. The minimum atomic E-state index is -0.316. The van der Waals surface area contributed by atoms with Crippen LogP contribution in [0.15, 0.2) is 36.4 Å². The van der Waals surface area contributed by atoms with E-state index in [4.69, 9.17) is 15.7 Å². The van der Waals surface area contributed by atoms with Gasteiger partial charge in [0.1, 0.15) is 12.3 Å². The van der Waals surface area contributed by atoms with Gasteiger partial charge in [-0.05, 0) is 29.8 Å². The number of carbonyl (C=O) groups excluding carboxylic acids is 1. The lowest BCUT2D eigenvalue weighted by Gasteiger charge is -2.13. The first-order valence-electron chi connectivity index (χ1n) is 6.73. The summed E-state index contributed by atoms with van der Waals surface area (Å²) in [5, 5.41) is 13.0. The minimum Gasteiger partial charge on any atom is -0.483 e. The second-order valence-corrected chi connectivity index (χ2v) is 4.53. The maximum Gasteiger partial charge on any atom is 0.258 e.